The zero-order valence-electron chi connectivity index (χ0n) is 15.4. The van der Waals surface area contributed by atoms with E-state index in [2.05, 4.69) is 5.32 Å². The number of nitrogens with one attached hydrogen (secondary N) is 1. The number of anilines is 1. The number of aromatic carboxylic acids is 1. The minimum Gasteiger partial charge on any atom is -0.487 e. The summed E-state index contributed by atoms with van der Waals surface area (Å²) >= 11 is 0. The first-order valence-corrected chi connectivity index (χ1v) is 9.38. The van der Waals surface area contributed by atoms with Gasteiger partial charge in [-0.25, -0.2) is 9.18 Å². The van der Waals surface area contributed by atoms with Crippen molar-refractivity contribution in [3.63, 3.8) is 0 Å². The molecule has 1 aromatic heterocycles. The van der Waals surface area contributed by atoms with Gasteiger partial charge in [0.15, 0.2) is 11.6 Å². The molecule has 2 aromatic rings. The van der Waals surface area contributed by atoms with Gasteiger partial charge in [-0.2, -0.15) is 0 Å². The van der Waals surface area contributed by atoms with Crippen LogP contribution in [0.15, 0.2) is 28.2 Å². The Morgan fingerprint density at radius 2 is 2.14 bits per heavy atom. The van der Waals surface area contributed by atoms with Crippen LogP contribution in [-0.2, 0) is 0 Å². The molecule has 7 nitrogen and oxygen atoms in total. The lowest BCUT2D eigenvalue weighted by Crippen LogP contribution is -2.29. The minimum atomic E-state index is -1.32. The van der Waals surface area contributed by atoms with E-state index in [1.54, 1.807) is 4.57 Å². The summed E-state index contributed by atoms with van der Waals surface area (Å²) in [6.07, 6.45) is 2.30. The first-order chi connectivity index (χ1) is 13.5. The van der Waals surface area contributed by atoms with Gasteiger partial charge in [-0.1, -0.05) is 0 Å². The van der Waals surface area contributed by atoms with Gasteiger partial charge in [0.1, 0.15) is 17.9 Å². The topological polar surface area (TPSA) is 83.8 Å². The number of halogens is 1. The van der Waals surface area contributed by atoms with Crippen LogP contribution < -0.4 is 20.4 Å². The van der Waals surface area contributed by atoms with Crippen molar-refractivity contribution in [1.29, 1.82) is 0 Å². The van der Waals surface area contributed by atoms with Crippen LogP contribution in [0.2, 0.25) is 0 Å². The second-order valence-corrected chi connectivity index (χ2v) is 7.67. The van der Waals surface area contributed by atoms with Crippen LogP contribution in [-0.4, -0.2) is 48.4 Å². The quantitative estimate of drug-likeness (QED) is 0.769. The molecular formula is C20H20FN3O4. The largest absolute Gasteiger partial charge is 0.487 e. The maximum absolute atomic E-state index is 15.2. The van der Waals surface area contributed by atoms with Gasteiger partial charge < -0.3 is 24.6 Å². The number of carboxylic acids is 1. The van der Waals surface area contributed by atoms with Crippen molar-refractivity contribution in [2.24, 2.45) is 0 Å². The molecule has 2 N–H and O–H groups in total. The van der Waals surface area contributed by atoms with Gasteiger partial charge in [0, 0.05) is 25.8 Å². The van der Waals surface area contributed by atoms with Crippen LogP contribution >= 0.6 is 0 Å². The van der Waals surface area contributed by atoms with Gasteiger partial charge in [-0.3, -0.25) is 4.79 Å². The Hall–Kier alpha value is -2.87. The Morgan fingerprint density at radius 1 is 1.36 bits per heavy atom. The highest BCUT2D eigenvalue weighted by atomic mass is 19.1. The summed E-state index contributed by atoms with van der Waals surface area (Å²) in [6, 6.07) is 0.997. The predicted octanol–water partition coefficient (Wildman–Crippen LogP) is 1.90. The first kappa shape index (κ1) is 17.2. The average molecular weight is 385 g/mol. The monoisotopic (exact) mass is 385 g/mol. The Labute approximate surface area is 160 Å². The van der Waals surface area contributed by atoms with Crippen LogP contribution in [0.4, 0.5) is 10.1 Å². The normalized spacial score (nSPS) is 21.1. The van der Waals surface area contributed by atoms with Crippen molar-refractivity contribution in [1.82, 2.24) is 9.88 Å². The van der Waals surface area contributed by atoms with E-state index in [-0.39, 0.29) is 23.6 Å². The summed E-state index contributed by atoms with van der Waals surface area (Å²) in [5, 5.41) is 12.8. The van der Waals surface area contributed by atoms with E-state index in [9.17, 15) is 14.7 Å². The molecule has 8 heteroatoms. The van der Waals surface area contributed by atoms with Crippen molar-refractivity contribution in [3.8, 4) is 5.75 Å². The van der Waals surface area contributed by atoms with Gasteiger partial charge in [0.25, 0.3) is 0 Å². The summed E-state index contributed by atoms with van der Waals surface area (Å²) in [7, 11) is 0. The number of rotatable bonds is 2. The Morgan fingerprint density at radius 3 is 2.89 bits per heavy atom. The molecule has 0 spiro atoms. The van der Waals surface area contributed by atoms with E-state index >= 15 is 4.39 Å². The van der Waals surface area contributed by atoms with Gasteiger partial charge in [-0.05, 0) is 37.1 Å². The molecule has 3 aliphatic rings. The minimum absolute atomic E-state index is 0.0429. The maximum atomic E-state index is 15.2. The van der Waals surface area contributed by atoms with E-state index in [1.165, 1.54) is 17.3 Å². The van der Waals surface area contributed by atoms with Crippen molar-refractivity contribution < 1.29 is 19.0 Å². The number of pyridine rings is 1. The highest BCUT2D eigenvalue weighted by molar-refractivity contribution is 5.97. The number of carbonyl (C=O) groups is 1. The second kappa shape index (κ2) is 6.07. The highest BCUT2D eigenvalue weighted by Crippen LogP contribution is 2.43. The summed E-state index contributed by atoms with van der Waals surface area (Å²) in [5.41, 5.74) is 2.38. The third-order valence-electron chi connectivity index (χ3n) is 5.89. The summed E-state index contributed by atoms with van der Waals surface area (Å²) in [5.74, 6) is -1.55. The molecule has 0 fully saturated rings. The molecule has 0 saturated carbocycles. The van der Waals surface area contributed by atoms with Crippen LogP contribution in [0.5, 0.6) is 5.75 Å². The van der Waals surface area contributed by atoms with E-state index < -0.39 is 17.2 Å². The number of nitrogens with zero attached hydrogens (tertiary/aromatic N) is 2. The zero-order chi connectivity index (χ0) is 19.6. The fourth-order valence-electron chi connectivity index (χ4n) is 4.47. The first-order valence-electron chi connectivity index (χ1n) is 9.38. The lowest BCUT2D eigenvalue weighted by Gasteiger charge is -2.31. The molecular weight excluding hydrogens is 365 g/mol. The van der Waals surface area contributed by atoms with Crippen LogP contribution in [0, 0.1) is 5.82 Å². The van der Waals surface area contributed by atoms with Gasteiger partial charge >= 0.3 is 5.97 Å². The summed E-state index contributed by atoms with van der Waals surface area (Å²) < 4.78 is 22.9. The molecule has 0 bridgehead atoms. The maximum Gasteiger partial charge on any atom is 0.341 e. The average Bonchev–Trinajstić information content (AvgIpc) is 3.09. The van der Waals surface area contributed by atoms with Crippen LogP contribution in [0.25, 0.3) is 10.9 Å². The molecule has 3 aliphatic heterocycles. The predicted molar refractivity (Wildman–Crippen MR) is 102 cm³/mol. The van der Waals surface area contributed by atoms with Crippen molar-refractivity contribution >= 4 is 22.6 Å². The molecule has 1 unspecified atom stereocenters. The molecule has 1 atom stereocenters. The SMILES string of the molecule is CC1COc2c(N3CC4=C(CNCC4)C3)c(F)cc3c(=O)c(C(=O)O)cn1c23. The lowest BCUT2D eigenvalue weighted by atomic mass is 10.1. The number of aromatic nitrogens is 1. The van der Waals surface area contributed by atoms with Crippen molar-refractivity contribution in [2.45, 2.75) is 19.4 Å². The molecule has 0 amide bonds. The number of hydrogen-bond donors (Lipinski definition) is 2. The van der Waals surface area contributed by atoms with Crippen molar-refractivity contribution in [3.05, 3.63) is 45.0 Å². The highest BCUT2D eigenvalue weighted by Gasteiger charge is 2.33. The Kier molecular flexibility index (Phi) is 3.74. The lowest BCUT2D eigenvalue weighted by molar-refractivity contribution is 0.0694. The zero-order valence-corrected chi connectivity index (χ0v) is 15.4. The van der Waals surface area contributed by atoms with E-state index in [0.29, 0.717) is 30.0 Å². The summed E-state index contributed by atoms with van der Waals surface area (Å²) in [6.45, 7) is 5.15. The summed E-state index contributed by atoms with van der Waals surface area (Å²) in [4.78, 5) is 26.1. The van der Waals surface area contributed by atoms with Crippen LogP contribution in [0.3, 0.4) is 0 Å². The standard InChI is InChI=1S/C20H20FN3O4/c1-10-9-28-19-16-13(18(25)14(20(26)27)8-24(10)16)4-15(21)17(19)23-6-11-2-3-22-5-12(11)7-23/h4,8,10,22H,2-3,5-7,9H2,1H3,(H,26,27). The third-order valence-corrected chi connectivity index (χ3v) is 5.89. The molecule has 4 heterocycles. The number of hydrogen-bond acceptors (Lipinski definition) is 5. The molecule has 1 aromatic carbocycles. The molecule has 28 heavy (non-hydrogen) atoms. The smallest absolute Gasteiger partial charge is 0.341 e. The number of carboxylic acid groups (broad SMARTS) is 1. The van der Waals surface area contributed by atoms with E-state index in [1.807, 2.05) is 11.8 Å². The second-order valence-electron chi connectivity index (χ2n) is 7.67. The number of ether oxygens (including phenoxy) is 1. The number of benzene rings is 1. The fourth-order valence-corrected chi connectivity index (χ4v) is 4.47. The van der Waals surface area contributed by atoms with Gasteiger partial charge in [-0.15, -0.1) is 0 Å². The third kappa shape index (κ3) is 2.37. The molecule has 0 aliphatic carbocycles. The van der Waals surface area contributed by atoms with Gasteiger partial charge in [0.05, 0.1) is 16.9 Å². The van der Waals surface area contributed by atoms with Crippen molar-refractivity contribution in [2.75, 3.05) is 37.7 Å². The molecule has 0 radical (unpaired) electrons. The molecule has 5 rings (SSSR count). The fraction of sp³-hybridized carbons (Fsp3) is 0.400. The van der Waals surface area contributed by atoms with Crippen LogP contribution in [0.1, 0.15) is 29.7 Å². The Bertz CT molecular complexity index is 1100. The molecule has 146 valence electrons. The van der Waals surface area contributed by atoms with E-state index in [4.69, 9.17) is 4.74 Å². The van der Waals surface area contributed by atoms with Gasteiger partial charge in [0.2, 0.25) is 5.43 Å². The Balaban J connectivity index is 1.73. The van der Waals surface area contributed by atoms with E-state index in [0.717, 1.165) is 25.6 Å². The molecule has 0 saturated heterocycles.